The Kier molecular flexibility index (Phi) is 6.26. The molecular formula is C13H27NO. The van der Waals surface area contributed by atoms with Gasteiger partial charge in [0.2, 0.25) is 0 Å². The molecule has 1 N–H and O–H groups in total. The lowest BCUT2D eigenvalue weighted by Gasteiger charge is -2.42. The maximum Gasteiger partial charge on any atom is 0.0694 e. The predicted octanol–water partition coefficient (Wildman–Crippen LogP) is 3.12. The van der Waals surface area contributed by atoms with Gasteiger partial charge in [0.15, 0.2) is 0 Å². The standard InChI is InChI=1S/C13H27NO/c1-3-5-6-12-15-13(8-7-9-13)10-11-14-4-2/h14H,3-12H2,1-2H3. The summed E-state index contributed by atoms with van der Waals surface area (Å²) in [6.45, 7) is 7.57. The van der Waals surface area contributed by atoms with Gasteiger partial charge >= 0.3 is 0 Å². The molecule has 0 spiro atoms. The summed E-state index contributed by atoms with van der Waals surface area (Å²) < 4.78 is 6.07. The van der Waals surface area contributed by atoms with Gasteiger partial charge in [-0.15, -0.1) is 0 Å². The quantitative estimate of drug-likeness (QED) is 0.594. The molecule has 0 aromatic rings. The maximum absolute atomic E-state index is 6.07. The summed E-state index contributed by atoms with van der Waals surface area (Å²) in [5, 5.41) is 3.39. The minimum atomic E-state index is 0.260. The molecule has 15 heavy (non-hydrogen) atoms. The number of hydrogen-bond donors (Lipinski definition) is 1. The third kappa shape index (κ3) is 4.52. The molecule has 0 aromatic carbocycles. The Labute approximate surface area is 94.8 Å². The van der Waals surface area contributed by atoms with E-state index in [1.807, 2.05) is 0 Å². The van der Waals surface area contributed by atoms with Crippen LogP contribution in [0.4, 0.5) is 0 Å². The number of ether oxygens (including phenoxy) is 1. The zero-order valence-electron chi connectivity index (χ0n) is 10.5. The molecule has 1 aliphatic rings. The Morgan fingerprint density at radius 3 is 2.53 bits per heavy atom. The Hall–Kier alpha value is -0.0800. The van der Waals surface area contributed by atoms with Crippen LogP contribution in [0.25, 0.3) is 0 Å². The smallest absolute Gasteiger partial charge is 0.0694 e. The summed E-state index contributed by atoms with van der Waals surface area (Å²) in [7, 11) is 0. The second-order valence-electron chi connectivity index (χ2n) is 4.70. The summed E-state index contributed by atoms with van der Waals surface area (Å²) in [5.41, 5.74) is 0.260. The van der Waals surface area contributed by atoms with Gasteiger partial charge in [-0.05, 0) is 45.2 Å². The van der Waals surface area contributed by atoms with Crippen LogP contribution in [0, 0.1) is 0 Å². The normalized spacial score (nSPS) is 18.8. The Balaban J connectivity index is 2.09. The summed E-state index contributed by atoms with van der Waals surface area (Å²) in [4.78, 5) is 0. The van der Waals surface area contributed by atoms with Gasteiger partial charge in [-0.3, -0.25) is 0 Å². The van der Waals surface area contributed by atoms with Gasteiger partial charge in [0.1, 0.15) is 0 Å². The SMILES string of the molecule is CCCCCOC1(CCNCC)CCC1. The van der Waals surface area contributed by atoms with Crippen molar-refractivity contribution in [3.63, 3.8) is 0 Å². The monoisotopic (exact) mass is 213 g/mol. The summed E-state index contributed by atoms with van der Waals surface area (Å²) in [6.07, 6.45) is 8.96. The molecule has 1 saturated carbocycles. The lowest BCUT2D eigenvalue weighted by atomic mass is 9.77. The first-order valence-electron chi connectivity index (χ1n) is 6.67. The third-order valence-corrected chi connectivity index (χ3v) is 3.43. The van der Waals surface area contributed by atoms with Gasteiger partial charge in [0.05, 0.1) is 5.60 Å². The van der Waals surface area contributed by atoms with Crippen LogP contribution in [0.15, 0.2) is 0 Å². The highest BCUT2D eigenvalue weighted by molar-refractivity contribution is 4.90. The van der Waals surface area contributed by atoms with Crippen molar-refractivity contribution in [2.75, 3.05) is 19.7 Å². The fourth-order valence-corrected chi connectivity index (χ4v) is 2.17. The lowest BCUT2D eigenvalue weighted by molar-refractivity contribution is -0.105. The highest BCUT2D eigenvalue weighted by atomic mass is 16.5. The fraction of sp³-hybridized carbons (Fsp3) is 1.00. The van der Waals surface area contributed by atoms with Crippen molar-refractivity contribution in [2.45, 2.75) is 64.4 Å². The van der Waals surface area contributed by atoms with Crippen LogP contribution in [-0.4, -0.2) is 25.3 Å². The van der Waals surface area contributed by atoms with E-state index in [4.69, 9.17) is 4.74 Å². The molecule has 0 bridgehead atoms. The first kappa shape index (κ1) is 13.0. The predicted molar refractivity (Wildman–Crippen MR) is 65.2 cm³/mol. The Morgan fingerprint density at radius 1 is 1.20 bits per heavy atom. The van der Waals surface area contributed by atoms with Crippen molar-refractivity contribution in [1.82, 2.24) is 5.32 Å². The topological polar surface area (TPSA) is 21.3 Å². The van der Waals surface area contributed by atoms with Crippen LogP contribution in [-0.2, 0) is 4.74 Å². The van der Waals surface area contributed by atoms with E-state index in [-0.39, 0.29) is 5.60 Å². The first-order valence-corrected chi connectivity index (χ1v) is 6.67. The highest BCUT2D eigenvalue weighted by Gasteiger charge is 2.36. The molecule has 0 amide bonds. The van der Waals surface area contributed by atoms with Crippen molar-refractivity contribution >= 4 is 0 Å². The van der Waals surface area contributed by atoms with Gasteiger partial charge in [-0.2, -0.15) is 0 Å². The van der Waals surface area contributed by atoms with Crippen LogP contribution in [0.2, 0.25) is 0 Å². The second kappa shape index (κ2) is 7.24. The number of nitrogens with one attached hydrogen (secondary N) is 1. The molecule has 90 valence electrons. The summed E-state index contributed by atoms with van der Waals surface area (Å²) >= 11 is 0. The second-order valence-corrected chi connectivity index (χ2v) is 4.70. The van der Waals surface area contributed by atoms with Crippen LogP contribution in [0.3, 0.4) is 0 Å². The van der Waals surface area contributed by atoms with E-state index in [0.29, 0.717) is 0 Å². The van der Waals surface area contributed by atoms with Crippen LogP contribution in [0.5, 0.6) is 0 Å². The zero-order chi connectivity index (χ0) is 11.0. The van der Waals surface area contributed by atoms with Crippen LogP contribution in [0.1, 0.15) is 58.8 Å². The van der Waals surface area contributed by atoms with E-state index < -0.39 is 0 Å². The molecule has 1 rings (SSSR count). The van der Waals surface area contributed by atoms with Gasteiger partial charge in [-0.1, -0.05) is 26.7 Å². The molecule has 2 nitrogen and oxygen atoms in total. The van der Waals surface area contributed by atoms with Crippen molar-refractivity contribution in [3.05, 3.63) is 0 Å². The Bertz CT molecular complexity index is 155. The minimum absolute atomic E-state index is 0.260. The average molecular weight is 213 g/mol. The molecule has 0 aliphatic heterocycles. The van der Waals surface area contributed by atoms with Crippen LogP contribution < -0.4 is 5.32 Å². The van der Waals surface area contributed by atoms with E-state index in [9.17, 15) is 0 Å². The van der Waals surface area contributed by atoms with E-state index in [0.717, 1.165) is 19.7 Å². The molecule has 1 aliphatic carbocycles. The van der Waals surface area contributed by atoms with Crippen molar-refractivity contribution in [3.8, 4) is 0 Å². The van der Waals surface area contributed by atoms with E-state index in [1.165, 1.54) is 44.9 Å². The maximum atomic E-state index is 6.07. The van der Waals surface area contributed by atoms with Crippen molar-refractivity contribution < 1.29 is 4.74 Å². The minimum Gasteiger partial charge on any atom is -0.375 e. The number of rotatable bonds is 9. The van der Waals surface area contributed by atoms with E-state index >= 15 is 0 Å². The molecule has 0 heterocycles. The molecule has 0 radical (unpaired) electrons. The first-order chi connectivity index (χ1) is 7.33. The van der Waals surface area contributed by atoms with Crippen molar-refractivity contribution in [1.29, 1.82) is 0 Å². The molecule has 2 heteroatoms. The van der Waals surface area contributed by atoms with Gasteiger partial charge < -0.3 is 10.1 Å². The molecule has 0 unspecified atom stereocenters. The molecule has 0 aromatic heterocycles. The number of unbranched alkanes of at least 4 members (excludes halogenated alkanes) is 2. The zero-order valence-corrected chi connectivity index (χ0v) is 10.5. The molecule has 1 fully saturated rings. The molecular weight excluding hydrogens is 186 g/mol. The van der Waals surface area contributed by atoms with Crippen LogP contribution >= 0.6 is 0 Å². The van der Waals surface area contributed by atoms with E-state index in [1.54, 1.807) is 0 Å². The highest BCUT2D eigenvalue weighted by Crippen LogP contribution is 2.38. The molecule has 0 saturated heterocycles. The lowest BCUT2D eigenvalue weighted by Crippen LogP contribution is -2.42. The fourth-order valence-electron chi connectivity index (χ4n) is 2.17. The van der Waals surface area contributed by atoms with Gasteiger partial charge in [-0.25, -0.2) is 0 Å². The summed E-state index contributed by atoms with van der Waals surface area (Å²) in [5.74, 6) is 0. The largest absolute Gasteiger partial charge is 0.375 e. The average Bonchev–Trinajstić information content (AvgIpc) is 2.19. The van der Waals surface area contributed by atoms with Gasteiger partial charge in [0, 0.05) is 6.61 Å². The Morgan fingerprint density at radius 2 is 2.00 bits per heavy atom. The van der Waals surface area contributed by atoms with E-state index in [2.05, 4.69) is 19.2 Å². The van der Waals surface area contributed by atoms with Gasteiger partial charge in [0.25, 0.3) is 0 Å². The number of hydrogen-bond acceptors (Lipinski definition) is 2. The summed E-state index contributed by atoms with van der Waals surface area (Å²) in [6, 6.07) is 0. The third-order valence-electron chi connectivity index (χ3n) is 3.43. The van der Waals surface area contributed by atoms with Crippen molar-refractivity contribution in [2.24, 2.45) is 0 Å². The molecule has 0 atom stereocenters.